The Hall–Kier alpha value is -1.06. The van der Waals surface area contributed by atoms with Gasteiger partial charge < -0.3 is 9.53 Å². The van der Waals surface area contributed by atoms with Gasteiger partial charge in [-0.25, -0.2) is 0 Å². The van der Waals surface area contributed by atoms with Crippen LogP contribution in [0.15, 0.2) is 24.3 Å². The monoisotopic (exact) mass is 267 g/mol. The van der Waals surface area contributed by atoms with E-state index in [1.165, 1.54) is 0 Å². The second-order valence-corrected chi connectivity index (χ2v) is 5.00. The number of piperidine rings is 1. The van der Waals surface area contributed by atoms with Crippen LogP contribution in [0.2, 0.25) is 5.02 Å². The Labute approximate surface area is 113 Å². The highest BCUT2D eigenvalue weighted by Gasteiger charge is 2.18. The molecule has 1 aromatic rings. The summed E-state index contributed by atoms with van der Waals surface area (Å²) in [4.78, 5) is 13.0. The Bertz CT molecular complexity index is 389. The van der Waals surface area contributed by atoms with Crippen LogP contribution in [0, 0.1) is 5.92 Å². The van der Waals surface area contributed by atoms with E-state index in [0.717, 1.165) is 44.5 Å². The van der Waals surface area contributed by atoms with E-state index in [4.69, 9.17) is 16.3 Å². The Morgan fingerprint density at radius 3 is 2.72 bits per heavy atom. The molecular formula is C14H18ClNO2. The standard InChI is InChI=1S/C14H18ClNO2/c15-13-3-1-2-4-14(13)18-10-9-16-7-5-12(11-17)6-8-16/h1-4,11-12H,5-10H2. The molecule has 0 N–H and O–H groups in total. The lowest BCUT2D eigenvalue weighted by atomic mass is 9.99. The number of likely N-dealkylation sites (tertiary alicyclic amines) is 1. The highest BCUT2D eigenvalue weighted by molar-refractivity contribution is 6.32. The first-order chi connectivity index (χ1) is 8.79. The molecule has 0 aromatic heterocycles. The van der Waals surface area contributed by atoms with Crippen LogP contribution in [0.5, 0.6) is 5.75 Å². The van der Waals surface area contributed by atoms with Gasteiger partial charge in [-0.3, -0.25) is 4.90 Å². The molecule has 18 heavy (non-hydrogen) atoms. The number of rotatable bonds is 5. The average molecular weight is 268 g/mol. The molecule has 1 aliphatic rings. The maximum atomic E-state index is 10.6. The molecule has 2 rings (SSSR count). The van der Waals surface area contributed by atoms with Crippen molar-refractivity contribution in [2.75, 3.05) is 26.2 Å². The molecule has 3 nitrogen and oxygen atoms in total. The number of carbonyl (C=O) groups excluding carboxylic acids is 1. The van der Waals surface area contributed by atoms with Crippen LogP contribution >= 0.6 is 11.6 Å². The average Bonchev–Trinajstić information content (AvgIpc) is 2.42. The molecule has 1 aliphatic heterocycles. The fourth-order valence-corrected chi connectivity index (χ4v) is 2.35. The predicted molar refractivity (Wildman–Crippen MR) is 72.2 cm³/mol. The zero-order valence-electron chi connectivity index (χ0n) is 10.3. The third-order valence-electron chi connectivity index (χ3n) is 3.33. The number of benzene rings is 1. The van der Waals surface area contributed by atoms with Crippen molar-refractivity contribution in [2.24, 2.45) is 5.92 Å². The van der Waals surface area contributed by atoms with Gasteiger partial charge in [0.05, 0.1) is 5.02 Å². The Kier molecular flexibility index (Phi) is 5.02. The van der Waals surface area contributed by atoms with Crippen molar-refractivity contribution in [3.8, 4) is 5.75 Å². The molecule has 0 atom stereocenters. The molecule has 1 heterocycles. The summed E-state index contributed by atoms with van der Waals surface area (Å²) in [5.74, 6) is 0.993. The van der Waals surface area contributed by atoms with Crippen molar-refractivity contribution in [1.82, 2.24) is 4.90 Å². The molecule has 0 bridgehead atoms. The summed E-state index contributed by atoms with van der Waals surface area (Å²) < 4.78 is 5.65. The topological polar surface area (TPSA) is 29.5 Å². The Balaban J connectivity index is 1.70. The van der Waals surface area contributed by atoms with Crippen molar-refractivity contribution in [3.63, 3.8) is 0 Å². The van der Waals surface area contributed by atoms with Crippen LogP contribution in [0.1, 0.15) is 12.8 Å². The molecule has 4 heteroatoms. The predicted octanol–water partition coefficient (Wildman–Crippen LogP) is 2.63. The fourth-order valence-electron chi connectivity index (χ4n) is 2.16. The number of para-hydroxylation sites is 1. The van der Waals surface area contributed by atoms with Gasteiger partial charge in [-0.1, -0.05) is 23.7 Å². The van der Waals surface area contributed by atoms with Crippen LogP contribution in [-0.4, -0.2) is 37.4 Å². The molecule has 0 unspecified atom stereocenters. The minimum atomic E-state index is 0.255. The number of nitrogens with zero attached hydrogens (tertiary/aromatic N) is 1. The number of halogens is 1. The Morgan fingerprint density at radius 2 is 2.06 bits per heavy atom. The van der Waals surface area contributed by atoms with Crippen LogP contribution < -0.4 is 4.74 Å². The Morgan fingerprint density at radius 1 is 1.33 bits per heavy atom. The lowest BCUT2D eigenvalue weighted by Crippen LogP contribution is -2.36. The van der Waals surface area contributed by atoms with Crippen LogP contribution in [0.3, 0.4) is 0 Å². The van der Waals surface area contributed by atoms with Crippen LogP contribution in [0.25, 0.3) is 0 Å². The first-order valence-electron chi connectivity index (χ1n) is 6.34. The second-order valence-electron chi connectivity index (χ2n) is 4.59. The number of hydrogen-bond donors (Lipinski definition) is 0. The quantitative estimate of drug-likeness (QED) is 0.768. The lowest BCUT2D eigenvalue weighted by molar-refractivity contribution is -0.112. The number of hydrogen-bond acceptors (Lipinski definition) is 3. The lowest BCUT2D eigenvalue weighted by Gasteiger charge is -2.29. The molecule has 1 saturated heterocycles. The number of aldehydes is 1. The summed E-state index contributed by atoms with van der Waals surface area (Å²) >= 11 is 6.01. The van der Waals surface area contributed by atoms with Crippen molar-refractivity contribution in [1.29, 1.82) is 0 Å². The van der Waals surface area contributed by atoms with Crippen molar-refractivity contribution in [2.45, 2.75) is 12.8 Å². The first-order valence-corrected chi connectivity index (χ1v) is 6.72. The molecule has 0 spiro atoms. The molecule has 0 radical (unpaired) electrons. The smallest absolute Gasteiger partial charge is 0.137 e. The van der Waals surface area contributed by atoms with E-state index in [2.05, 4.69) is 4.90 Å². The van der Waals surface area contributed by atoms with Gasteiger partial charge in [-0.2, -0.15) is 0 Å². The third kappa shape index (κ3) is 3.72. The van der Waals surface area contributed by atoms with E-state index in [1.807, 2.05) is 24.3 Å². The molecule has 1 aromatic carbocycles. The normalized spacial score (nSPS) is 17.6. The molecule has 0 aliphatic carbocycles. The largest absolute Gasteiger partial charge is 0.491 e. The van der Waals surface area contributed by atoms with Gasteiger partial charge in [0.15, 0.2) is 0 Å². The first kappa shape index (κ1) is 13.4. The summed E-state index contributed by atoms with van der Waals surface area (Å²) in [7, 11) is 0. The number of ether oxygens (including phenoxy) is 1. The van der Waals surface area contributed by atoms with Crippen molar-refractivity contribution in [3.05, 3.63) is 29.3 Å². The van der Waals surface area contributed by atoms with E-state index in [1.54, 1.807) is 0 Å². The van der Waals surface area contributed by atoms with Crippen LogP contribution in [-0.2, 0) is 4.79 Å². The molecular weight excluding hydrogens is 250 g/mol. The summed E-state index contributed by atoms with van der Waals surface area (Å²) in [6.07, 6.45) is 3.02. The molecule has 0 amide bonds. The van der Waals surface area contributed by atoms with Crippen molar-refractivity contribution >= 4 is 17.9 Å². The molecule has 0 saturated carbocycles. The maximum absolute atomic E-state index is 10.6. The number of carbonyl (C=O) groups is 1. The van der Waals surface area contributed by atoms with E-state index in [-0.39, 0.29) is 5.92 Å². The van der Waals surface area contributed by atoms with Gasteiger partial charge in [0.2, 0.25) is 0 Å². The third-order valence-corrected chi connectivity index (χ3v) is 3.64. The summed E-state index contributed by atoms with van der Waals surface area (Å²) in [6.45, 7) is 3.48. The highest BCUT2D eigenvalue weighted by Crippen LogP contribution is 2.23. The summed E-state index contributed by atoms with van der Waals surface area (Å²) in [6, 6.07) is 7.50. The van der Waals surface area contributed by atoms with E-state index >= 15 is 0 Å². The minimum absolute atomic E-state index is 0.255. The second kappa shape index (κ2) is 6.76. The van der Waals surface area contributed by atoms with Crippen molar-refractivity contribution < 1.29 is 9.53 Å². The van der Waals surface area contributed by atoms with E-state index in [9.17, 15) is 4.79 Å². The van der Waals surface area contributed by atoms with Crippen LogP contribution in [0.4, 0.5) is 0 Å². The zero-order chi connectivity index (χ0) is 12.8. The molecule has 1 fully saturated rings. The van der Waals surface area contributed by atoms with E-state index in [0.29, 0.717) is 11.6 Å². The minimum Gasteiger partial charge on any atom is -0.491 e. The van der Waals surface area contributed by atoms with Gasteiger partial charge in [-0.15, -0.1) is 0 Å². The van der Waals surface area contributed by atoms with Gasteiger partial charge in [0, 0.05) is 12.5 Å². The SMILES string of the molecule is O=CC1CCN(CCOc2ccccc2Cl)CC1. The fraction of sp³-hybridized carbons (Fsp3) is 0.500. The molecule has 98 valence electrons. The van der Waals surface area contributed by atoms with Gasteiger partial charge >= 0.3 is 0 Å². The summed E-state index contributed by atoms with van der Waals surface area (Å²) in [5.41, 5.74) is 0. The van der Waals surface area contributed by atoms with Gasteiger partial charge in [0.1, 0.15) is 18.6 Å². The summed E-state index contributed by atoms with van der Waals surface area (Å²) in [5, 5.41) is 0.650. The highest BCUT2D eigenvalue weighted by atomic mass is 35.5. The zero-order valence-corrected chi connectivity index (χ0v) is 11.1. The van der Waals surface area contributed by atoms with Gasteiger partial charge in [-0.05, 0) is 38.1 Å². The van der Waals surface area contributed by atoms with E-state index < -0.39 is 0 Å². The maximum Gasteiger partial charge on any atom is 0.137 e. The van der Waals surface area contributed by atoms with Gasteiger partial charge in [0.25, 0.3) is 0 Å².